The van der Waals surface area contributed by atoms with E-state index in [1.807, 2.05) is 12.1 Å². The first-order valence-electron chi connectivity index (χ1n) is 10.3. The second-order valence-corrected chi connectivity index (χ2v) is 8.80. The molecule has 5 rings (SSSR count). The Balaban J connectivity index is 1.37. The van der Waals surface area contributed by atoms with Gasteiger partial charge in [-0.25, -0.2) is 0 Å². The van der Waals surface area contributed by atoms with Crippen LogP contribution in [-0.2, 0) is 11.3 Å². The number of anilines is 1. The van der Waals surface area contributed by atoms with Crippen molar-refractivity contribution in [3.05, 3.63) is 59.0 Å². The molecule has 1 fully saturated rings. The van der Waals surface area contributed by atoms with Crippen LogP contribution in [0.2, 0.25) is 0 Å². The molecule has 0 atom stereocenters. The number of nitrogens with one attached hydrogen (secondary N) is 1. The average Bonchev–Trinajstić information content (AvgIpc) is 3.18. The van der Waals surface area contributed by atoms with Crippen LogP contribution in [0.5, 0.6) is 17.2 Å². The molecule has 6 nitrogen and oxygen atoms in total. The van der Waals surface area contributed by atoms with Crippen LogP contribution in [0, 0.1) is 0 Å². The molecule has 0 unspecified atom stereocenters. The van der Waals surface area contributed by atoms with E-state index in [2.05, 4.69) is 21.0 Å². The van der Waals surface area contributed by atoms with E-state index in [0.717, 1.165) is 55.4 Å². The normalized spacial score (nSPS) is 16.3. The molecule has 2 aliphatic heterocycles. The number of nitrogens with zero attached hydrogens (tertiary/aromatic N) is 1. The van der Waals surface area contributed by atoms with E-state index < -0.39 is 18.0 Å². The van der Waals surface area contributed by atoms with Crippen LogP contribution in [-0.4, -0.2) is 43.5 Å². The Hall–Kier alpha value is -3.08. The fourth-order valence-electron chi connectivity index (χ4n) is 3.75. The van der Waals surface area contributed by atoms with Crippen molar-refractivity contribution in [1.82, 2.24) is 4.90 Å². The van der Waals surface area contributed by atoms with Crippen molar-refractivity contribution >= 4 is 22.9 Å². The van der Waals surface area contributed by atoms with Gasteiger partial charge in [-0.3, -0.25) is 9.69 Å². The molecule has 1 aromatic heterocycles. The van der Waals surface area contributed by atoms with Gasteiger partial charge in [-0.1, -0.05) is 0 Å². The molecule has 1 saturated heterocycles. The fourth-order valence-corrected chi connectivity index (χ4v) is 4.79. The number of ether oxygens (including phenoxy) is 3. The summed E-state index contributed by atoms with van der Waals surface area (Å²) in [5.41, 5.74) is 1.26. The van der Waals surface area contributed by atoms with Crippen LogP contribution in [0.4, 0.5) is 18.9 Å². The summed E-state index contributed by atoms with van der Waals surface area (Å²) in [5, 5.41) is 2.62. The van der Waals surface area contributed by atoms with Crippen molar-refractivity contribution in [2.45, 2.75) is 12.9 Å². The number of amides is 1. The van der Waals surface area contributed by atoms with Gasteiger partial charge < -0.3 is 19.5 Å². The quantitative estimate of drug-likeness (QED) is 0.539. The van der Waals surface area contributed by atoms with Gasteiger partial charge in [0.1, 0.15) is 11.5 Å². The van der Waals surface area contributed by atoms with Crippen molar-refractivity contribution in [3.63, 3.8) is 0 Å². The molecule has 10 heteroatoms. The number of carbonyl (C=O) groups excluding carboxylic acids is 1. The number of carbonyl (C=O) groups is 1. The molecular weight excluding hydrogens is 457 g/mol. The van der Waals surface area contributed by atoms with Crippen LogP contribution in [0.3, 0.4) is 0 Å². The highest BCUT2D eigenvalue weighted by molar-refractivity contribution is 7.15. The first-order chi connectivity index (χ1) is 15.8. The molecule has 33 heavy (non-hydrogen) atoms. The largest absolute Gasteiger partial charge is 0.573 e. The number of rotatable bonds is 4. The Labute approximate surface area is 191 Å². The van der Waals surface area contributed by atoms with Gasteiger partial charge in [0.05, 0.1) is 24.5 Å². The monoisotopic (exact) mass is 476 g/mol. The number of alkyl halides is 3. The molecule has 2 aliphatic rings. The van der Waals surface area contributed by atoms with Gasteiger partial charge in [0.15, 0.2) is 5.75 Å². The molecule has 2 aromatic carbocycles. The molecule has 3 heterocycles. The Morgan fingerprint density at radius 1 is 1.03 bits per heavy atom. The summed E-state index contributed by atoms with van der Waals surface area (Å²) >= 11 is 1.65. The number of halogens is 3. The number of benzene rings is 2. The van der Waals surface area contributed by atoms with E-state index in [4.69, 9.17) is 9.47 Å². The second kappa shape index (κ2) is 8.69. The molecule has 1 amide bonds. The summed E-state index contributed by atoms with van der Waals surface area (Å²) in [5.74, 6) is -0.360. The van der Waals surface area contributed by atoms with E-state index >= 15 is 0 Å². The third-order valence-electron chi connectivity index (χ3n) is 5.31. The summed E-state index contributed by atoms with van der Waals surface area (Å²) in [6, 6.07) is 12.9. The minimum absolute atomic E-state index is 0.100. The van der Waals surface area contributed by atoms with E-state index in [0.29, 0.717) is 11.3 Å². The Morgan fingerprint density at radius 2 is 1.82 bits per heavy atom. The lowest BCUT2D eigenvalue weighted by Gasteiger charge is -2.25. The highest BCUT2D eigenvalue weighted by Crippen LogP contribution is 2.40. The maximum Gasteiger partial charge on any atom is 0.573 e. The number of thiophene rings is 1. The van der Waals surface area contributed by atoms with Gasteiger partial charge in [0.25, 0.3) is 5.91 Å². The van der Waals surface area contributed by atoms with Gasteiger partial charge in [-0.15, -0.1) is 24.5 Å². The van der Waals surface area contributed by atoms with Gasteiger partial charge in [0, 0.05) is 35.5 Å². The van der Waals surface area contributed by atoms with Crippen LogP contribution >= 0.6 is 11.3 Å². The molecular formula is C23H19F3N2O4S. The summed E-state index contributed by atoms with van der Waals surface area (Å²) in [6.45, 7) is 4.13. The zero-order chi connectivity index (χ0) is 23.0. The van der Waals surface area contributed by atoms with Crippen LogP contribution in [0.1, 0.15) is 15.2 Å². The molecule has 0 aliphatic carbocycles. The topological polar surface area (TPSA) is 60.0 Å². The van der Waals surface area contributed by atoms with Gasteiger partial charge in [-0.05, 0) is 48.0 Å². The van der Waals surface area contributed by atoms with E-state index in [1.165, 1.54) is 10.9 Å². The highest BCUT2D eigenvalue weighted by Gasteiger charge is 2.32. The molecule has 172 valence electrons. The SMILES string of the molecule is O=C1Nc2cc(OC(F)(F)F)ccc2Oc2ccc(-c3ccc(CN4CCOCC4)s3)cc21. The Morgan fingerprint density at radius 3 is 2.61 bits per heavy atom. The zero-order valence-corrected chi connectivity index (χ0v) is 18.1. The van der Waals surface area contributed by atoms with Crippen molar-refractivity contribution in [1.29, 1.82) is 0 Å². The third kappa shape index (κ3) is 4.97. The summed E-state index contributed by atoms with van der Waals surface area (Å²) in [6.07, 6.45) is -4.83. The van der Waals surface area contributed by atoms with Crippen LogP contribution < -0.4 is 14.8 Å². The lowest BCUT2D eigenvalue weighted by Crippen LogP contribution is -2.35. The minimum atomic E-state index is -4.83. The van der Waals surface area contributed by atoms with Crippen molar-refractivity contribution in [3.8, 4) is 27.7 Å². The van der Waals surface area contributed by atoms with Crippen LogP contribution in [0.25, 0.3) is 10.4 Å². The molecule has 0 bridgehead atoms. The van der Waals surface area contributed by atoms with Gasteiger partial charge in [-0.2, -0.15) is 0 Å². The standard InChI is InChI=1S/C23H19F3N2O4S/c24-23(25,26)32-15-2-5-20-18(12-15)27-22(29)17-11-14(1-4-19(17)31-20)21-6-3-16(33-21)13-28-7-9-30-10-8-28/h1-6,11-12H,7-10,13H2,(H,27,29). The van der Waals surface area contributed by atoms with Crippen molar-refractivity contribution in [2.24, 2.45) is 0 Å². The van der Waals surface area contributed by atoms with E-state index in [9.17, 15) is 18.0 Å². The number of fused-ring (bicyclic) bond motifs is 2. The third-order valence-corrected chi connectivity index (χ3v) is 6.43. The number of hydrogen-bond acceptors (Lipinski definition) is 6. The maximum absolute atomic E-state index is 12.8. The predicted molar refractivity (Wildman–Crippen MR) is 117 cm³/mol. The molecule has 0 radical (unpaired) electrons. The number of morpholine rings is 1. The Kier molecular flexibility index (Phi) is 5.73. The van der Waals surface area contributed by atoms with Crippen molar-refractivity contribution in [2.75, 3.05) is 31.6 Å². The van der Waals surface area contributed by atoms with Crippen molar-refractivity contribution < 1.29 is 32.2 Å². The number of hydrogen-bond donors (Lipinski definition) is 1. The average molecular weight is 476 g/mol. The van der Waals surface area contributed by atoms with E-state index in [1.54, 1.807) is 23.5 Å². The lowest BCUT2D eigenvalue weighted by molar-refractivity contribution is -0.274. The highest BCUT2D eigenvalue weighted by atomic mass is 32.1. The van der Waals surface area contributed by atoms with Gasteiger partial charge >= 0.3 is 6.36 Å². The molecule has 1 N–H and O–H groups in total. The summed E-state index contributed by atoms with van der Waals surface area (Å²) in [4.78, 5) is 17.4. The molecule has 3 aromatic rings. The summed E-state index contributed by atoms with van der Waals surface area (Å²) < 4.78 is 52.8. The first kappa shape index (κ1) is 21.7. The molecule has 0 spiro atoms. The fraction of sp³-hybridized carbons (Fsp3) is 0.261. The second-order valence-electron chi connectivity index (χ2n) is 7.63. The first-order valence-corrected chi connectivity index (χ1v) is 11.1. The maximum atomic E-state index is 12.8. The Bertz CT molecular complexity index is 1190. The van der Waals surface area contributed by atoms with Gasteiger partial charge in [0.2, 0.25) is 0 Å². The summed E-state index contributed by atoms with van der Waals surface area (Å²) in [7, 11) is 0. The zero-order valence-electron chi connectivity index (χ0n) is 17.3. The predicted octanol–water partition coefficient (Wildman–Crippen LogP) is 5.50. The van der Waals surface area contributed by atoms with E-state index in [-0.39, 0.29) is 11.4 Å². The minimum Gasteiger partial charge on any atom is -0.454 e. The molecule has 0 saturated carbocycles. The lowest BCUT2D eigenvalue weighted by atomic mass is 10.1. The smallest absolute Gasteiger partial charge is 0.454 e. The van der Waals surface area contributed by atoms with Crippen LogP contribution in [0.15, 0.2) is 48.5 Å².